The minimum atomic E-state index is -1.06. The molecule has 2 amide bonds. The molecule has 34 heavy (non-hydrogen) atoms. The van der Waals surface area contributed by atoms with Crippen molar-refractivity contribution in [3.05, 3.63) is 58.1 Å². The van der Waals surface area contributed by atoms with Crippen LogP contribution in [0.25, 0.3) is 0 Å². The number of nitrogens with zero attached hydrogens (tertiary/aromatic N) is 1. The lowest BCUT2D eigenvalue weighted by Crippen LogP contribution is -2.55. The highest BCUT2D eigenvalue weighted by Crippen LogP contribution is 2.30. The summed E-state index contributed by atoms with van der Waals surface area (Å²) in [5.74, 6) is -1.44. The van der Waals surface area contributed by atoms with Crippen LogP contribution in [0.5, 0.6) is 11.5 Å². The average molecular weight is 484 g/mol. The number of ether oxygens (including phenoxy) is 1. The lowest BCUT2D eigenvalue weighted by atomic mass is 9.72. The third-order valence-electron chi connectivity index (χ3n) is 5.03. The van der Waals surface area contributed by atoms with Crippen LogP contribution in [-0.2, 0) is 9.45 Å². The lowest BCUT2D eigenvalue weighted by molar-refractivity contribution is -0.120. The van der Waals surface area contributed by atoms with Crippen molar-refractivity contribution in [1.29, 1.82) is 5.26 Å². The van der Waals surface area contributed by atoms with Crippen LogP contribution in [0, 0.1) is 17.2 Å². The summed E-state index contributed by atoms with van der Waals surface area (Å²) in [4.78, 5) is 37.6. The molecule has 0 saturated carbocycles. The quantitative estimate of drug-likeness (QED) is 0.553. The van der Waals surface area contributed by atoms with E-state index >= 15 is 0 Å². The zero-order chi connectivity index (χ0) is 24.8. The molecule has 3 rings (SSSR count). The molecule has 1 aliphatic rings. The Balaban J connectivity index is 1.69. The van der Waals surface area contributed by atoms with Gasteiger partial charge in [-0.05, 0) is 42.7 Å². The van der Waals surface area contributed by atoms with Gasteiger partial charge in [-0.15, -0.1) is 0 Å². The average Bonchev–Trinajstić information content (AvgIpc) is 2.81. The molecule has 0 saturated heterocycles. The highest BCUT2D eigenvalue weighted by atomic mass is 35.5. The predicted octanol–water partition coefficient (Wildman–Crippen LogP) is 2.76. The Morgan fingerprint density at radius 3 is 2.65 bits per heavy atom. The van der Waals surface area contributed by atoms with Crippen molar-refractivity contribution in [3.63, 3.8) is 0 Å². The van der Waals surface area contributed by atoms with Gasteiger partial charge < -0.3 is 24.7 Å². The molecule has 11 heteroatoms. The van der Waals surface area contributed by atoms with Crippen LogP contribution in [0.15, 0.2) is 36.4 Å². The van der Waals surface area contributed by atoms with Crippen molar-refractivity contribution in [3.8, 4) is 17.6 Å². The Bertz CT molecular complexity index is 1150. The van der Waals surface area contributed by atoms with Crippen LogP contribution < -0.4 is 20.0 Å². The summed E-state index contributed by atoms with van der Waals surface area (Å²) < 4.78 is 16.5. The predicted molar refractivity (Wildman–Crippen MR) is 125 cm³/mol. The van der Waals surface area contributed by atoms with Crippen LogP contribution in [0.1, 0.15) is 46.5 Å². The Labute approximate surface area is 202 Å². The van der Waals surface area contributed by atoms with E-state index < -0.39 is 30.8 Å². The fourth-order valence-electron chi connectivity index (χ4n) is 3.44. The van der Waals surface area contributed by atoms with E-state index in [0.29, 0.717) is 22.9 Å². The molecule has 0 aliphatic carbocycles. The second-order valence-corrected chi connectivity index (χ2v) is 8.48. The smallest absolute Gasteiger partial charge is 0.524 e. The van der Waals surface area contributed by atoms with Crippen molar-refractivity contribution in [2.45, 2.75) is 26.2 Å². The first-order valence-corrected chi connectivity index (χ1v) is 10.9. The van der Waals surface area contributed by atoms with Crippen molar-refractivity contribution in [2.24, 2.45) is 5.92 Å². The van der Waals surface area contributed by atoms with Crippen molar-refractivity contribution in [1.82, 2.24) is 10.6 Å². The lowest BCUT2D eigenvalue weighted by Gasteiger charge is -2.29. The molecule has 0 bridgehead atoms. The minimum Gasteiger partial charge on any atom is -0.524 e. The van der Waals surface area contributed by atoms with Gasteiger partial charge in [-0.25, -0.2) is 4.79 Å². The van der Waals surface area contributed by atoms with E-state index in [1.807, 2.05) is 19.9 Å². The van der Waals surface area contributed by atoms with Gasteiger partial charge in [0.2, 0.25) is 5.91 Å². The Kier molecular flexibility index (Phi) is 8.02. The Hall–Kier alpha value is -3.71. The molecule has 1 heterocycles. The summed E-state index contributed by atoms with van der Waals surface area (Å²) in [5, 5.41) is 14.7. The van der Waals surface area contributed by atoms with Crippen LogP contribution >= 0.6 is 11.6 Å². The number of fused-ring (bicyclic) bond motifs is 1. The molecule has 0 unspecified atom stereocenters. The standard InChI is InChI=1S/C23H23BClN3O6/c1-13(2)8-20(24-33-19-10-16(32-3)6-7-17(19)23(31)34-24)28-21(29)12-27-22(30)18-9-15(25)5-4-14(18)11-26/h4-7,9-10,13,20H,8,12H2,1-3H3,(H,27,30)(H,28,29)/t20-/m0/s1. The van der Waals surface area contributed by atoms with Gasteiger partial charge in [0.1, 0.15) is 11.5 Å². The number of nitriles is 1. The van der Waals surface area contributed by atoms with E-state index in [4.69, 9.17) is 25.6 Å². The number of nitrogens with one attached hydrogen (secondary N) is 2. The first kappa shape index (κ1) is 24.9. The number of hydrogen-bond acceptors (Lipinski definition) is 7. The number of benzene rings is 2. The zero-order valence-corrected chi connectivity index (χ0v) is 19.6. The minimum absolute atomic E-state index is 0.0663. The van der Waals surface area contributed by atoms with Crippen molar-refractivity contribution < 1.29 is 28.4 Å². The van der Waals surface area contributed by atoms with Gasteiger partial charge >= 0.3 is 13.1 Å². The largest absolute Gasteiger partial charge is 0.620 e. The molecule has 2 aromatic rings. The highest BCUT2D eigenvalue weighted by molar-refractivity contribution is 6.51. The topological polar surface area (TPSA) is 127 Å². The molecule has 0 aromatic heterocycles. The van der Waals surface area contributed by atoms with E-state index in [9.17, 15) is 19.6 Å². The van der Waals surface area contributed by atoms with E-state index in [-0.39, 0.29) is 29.2 Å². The maximum absolute atomic E-state index is 12.6. The van der Waals surface area contributed by atoms with Crippen LogP contribution in [0.4, 0.5) is 0 Å². The maximum Gasteiger partial charge on any atom is 0.620 e. The van der Waals surface area contributed by atoms with E-state index in [0.717, 1.165) is 0 Å². The highest BCUT2D eigenvalue weighted by Gasteiger charge is 2.42. The fraction of sp³-hybridized carbons (Fsp3) is 0.304. The first-order chi connectivity index (χ1) is 16.2. The van der Waals surface area contributed by atoms with Crippen LogP contribution in [-0.4, -0.2) is 44.5 Å². The molecule has 2 aromatic carbocycles. The molecule has 1 aliphatic heterocycles. The molecule has 9 nitrogen and oxygen atoms in total. The molecular formula is C23H23BClN3O6. The van der Waals surface area contributed by atoms with E-state index in [2.05, 4.69) is 10.6 Å². The third-order valence-corrected chi connectivity index (χ3v) is 5.27. The summed E-state index contributed by atoms with van der Waals surface area (Å²) in [6, 6.07) is 10.9. The van der Waals surface area contributed by atoms with E-state index in [1.54, 1.807) is 18.2 Å². The number of carbonyl (C=O) groups excluding carboxylic acids is 3. The first-order valence-electron chi connectivity index (χ1n) is 10.5. The summed E-state index contributed by atoms with van der Waals surface area (Å²) in [5.41, 5.74) is 0.460. The Morgan fingerprint density at radius 1 is 1.21 bits per heavy atom. The Morgan fingerprint density at radius 2 is 1.97 bits per heavy atom. The molecule has 1 atom stereocenters. The van der Waals surface area contributed by atoms with Gasteiger partial charge in [0.05, 0.1) is 42.4 Å². The van der Waals surface area contributed by atoms with Crippen LogP contribution in [0.2, 0.25) is 5.02 Å². The fourth-order valence-corrected chi connectivity index (χ4v) is 3.61. The van der Waals surface area contributed by atoms with Gasteiger partial charge in [-0.2, -0.15) is 5.26 Å². The van der Waals surface area contributed by atoms with Gasteiger partial charge in [-0.1, -0.05) is 25.4 Å². The van der Waals surface area contributed by atoms with E-state index in [1.165, 1.54) is 25.3 Å². The number of carbonyl (C=O) groups is 3. The van der Waals surface area contributed by atoms with Gasteiger partial charge in [0, 0.05) is 11.1 Å². The van der Waals surface area contributed by atoms with Crippen LogP contribution in [0.3, 0.4) is 0 Å². The summed E-state index contributed by atoms with van der Waals surface area (Å²) >= 11 is 5.92. The summed E-state index contributed by atoms with van der Waals surface area (Å²) in [6.45, 7) is 3.53. The van der Waals surface area contributed by atoms with Crippen molar-refractivity contribution in [2.75, 3.05) is 13.7 Å². The number of rotatable bonds is 8. The zero-order valence-electron chi connectivity index (χ0n) is 18.9. The van der Waals surface area contributed by atoms with Crippen molar-refractivity contribution >= 4 is 36.5 Å². The SMILES string of the molecule is COc1ccc2c(c1)OB([C@H](CC(C)C)NC(=O)CNC(=O)c1cc(Cl)ccc1C#N)OC2=O. The molecule has 176 valence electrons. The molecule has 0 spiro atoms. The number of methoxy groups -OCH3 is 1. The maximum atomic E-state index is 12.6. The third kappa shape index (κ3) is 6.00. The molecular weight excluding hydrogens is 461 g/mol. The van der Waals surface area contributed by atoms with Gasteiger partial charge in [-0.3, -0.25) is 9.59 Å². The number of amides is 2. The summed E-state index contributed by atoms with van der Waals surface area (Å²) in [7, 11) is 0.437. The normalized spacial score (nSPS) is 13.2. The number of halogens is 1. The van der Waals surface area contributed by atoms with Gasteiger partial charge in [0.15, 0.2) is 0 Å². The molecule has 0 fully saturated rings. The molecule has 2 N–H and O–H groups in total. The number of hydrogen-bond donors (Lipinski definition) is 2. The second kappa shape index (κ2) is 10.9. The summed E-state index contributed by atoms with van der Waals surface area (Å²) in [6.07, 6.45) is 0.448. The molecule has 0 radical (unpaired) electrons. The monoisotopic (exact) mass is 483 g/mol. The van der Waals surface area contributed by atoms with Gasteiger partial charge in [0.25, 0.3) is 5.91 Å². The second-order valence-electron chi connectivity index (χ2n) is 8.04.